The van der Waals surface area contributed by atoms with Gasteiger partial charge in [-0.25, -0.2) is 0 Å². The lowest BCUT2D eigenvalue weighted by molar-refractivity contribution is -0.137. The molecular weight excluding hydrogens is 578 g/mol. The van der Waals surface area contributed by atoms with Gasteiger partial charge in [0, 0.05) is 49.3 Å². The topological polar surface area (TPSA) is 132 Å². The fourth-order valence-corrected chi connectivity index (χ4v) is 5.67. The fourth-order valence-electron chi connectivity index (χ4n) is 5.67. The molecule has 6 N–H and O–H groups in total. The maximum absolute atomic E-state index is 14.1. The molecule has 10 heteroatoms. The van der Waals surface area contributed by atoms with E-state index in [-0.39, 0.29) is 23.8 Å². The van der Waals surface area contributed by atoms with Gasteiger partial charge < -0.3 is 31.2 Å². The van der Waals surface area contributed by atoms with Crippen LogP contribution in [0, 0.1) is 0 Å². The predicted octanol–water partition coefficient (Wildman–Crippen LogP) is 3.43. The van der Waals surface area contributed by atoms with Crippen LogP contribution >= 0.6 is 0 Å². The van der Waals surface area contributed by atoms with E-state index in [1.165, 1.54) is 0 Å². The van der Waals surface area contributed by atoms with Crippen molar-refractivity contribution in [3.8, 4) is 0 Å². The number of rotatable bonds is 16. The molecule has 46 heavy (non-hydrogen) atoms. The molecule has 1 fully saturated rings. The third kappa shape index (κ3) is 9.92. The zero-order chi connectivity index (χ0) is 32.7. The number of nitrogens with two attached hydrogens (primary N) is 1. The molecule has 0 saturated carbocycles. The Morgan fingerprint density at radius 1 is 0.935 bits per heavy atom. The van der Waals surface area contributed by atoms with E-state index >= 15 is 0 Å². The van der Waals surface area contributed by atoms with Crippen LogP contribution in [-0.2, 0) is 22.4 Å². The summed E-state index contributed by atoms with van der Waals surface area (Å²) in [6.07, 6.45) is 6.71. The van der Waals surface area contributed by atoms with Gasteiger partial charge in [-0.2, -0.15) is 0 Å². The Labute approximate surface area is 272 Å². The number of hydrazine groups is 1. The average Bonchev–Trinajstić information content (AvgIpc) is 3.56. The number of amides is 3. The Kier molecular flexibility index (Phi) is 13.2. The Hall–Kier alpha value is -4.67. The molecule has 0 unspecified atom stereocenters. The van der Waals surface area contributed by atoms with Crippen molar-refractivity contribution >= 4 is 23.4 Å². The molecule has 1 aliphatic rings. The molecule has 3 atom stereocenters. The average molecular weight is 626 g/mol. The lowest BCUT2D eigenvalue weighted by Gasteiger charge is -2.33. The number of hydrogen-bond acceptors (Lipinski definition) is 7. The molecule has 4 rings (SSSR count). The number of carbonyl (C=O) groups excluding carboxylic acids is 3. The van der Waals surface area contributed by atoms with Gasteiger partial charge in [-0.3, -0.25) is 20.2 Å². The van der Waals surface area contributed by atoms with E-state index in [9.17, 15) is 14.4 Å². The highest BCUT2D eigenvalue weighted by molar-refractivity contribution is 5.95. The molecule has 3 aromatic carbocycles. The molecule has 0 aromatic heterocycles. The van der Waals surface area contributed by atoms with E-state index in [2.05, 4.69) is 33.5 Å². The summed E-state index contributed by atoms with van der Waals surface area (Å²) in [6.45, 7) is 3.30. The van der Waals surface area contributed by atoms with Gasteiger partial charge in [0.05, 0.1) is 6.04 Å². The van der Waals surface area contributed by atoms with Gasteiger partial charge >= 0.3 is 0 Å². The number of anilines is 1. The number of aryl methyl sites for hydroxylation is 1. The second-order valence-corrected chi connectivity index (χ2v) is 11.6. The second kappa shape index (κ2) is 17.7. The standard InChI is InChI=1S/C36H47N7O3/c1-27(38-2)34(44)41-33(20-15-28-10-5-3-6-11-28)36(46)43-24-9-14-32(43)26-42(25-21-29-12-7-4-8-13-29)35(45)30-16-18-31(19-17-30)39-22-23-40-37/h3-8,10-13,16-19,22-23,27,32-33,38-40H,9,14-15,20-21,24-26,37H2,1-2H3,(H,41,44)/b23-22-/t27-,32-,33-/m0/s1. The Morgan fingerprint density at radius 2 is 1.59 bits per heavy atom. The molecule has 1 saturated heterocycles. The number of likely N-dealkylation sites (N-methyl/N-ethyl adjacent to an activating group) is 1. The van der Waals surface area contributed by atoms with Crippen molar-refractivity contribution in [2.75, 3.05) is 32.0 Å². The van der Waals surface area contributed by atoms with Crippen molar-refractivity contribution < 1.29 is 14.4 Å². The first-order valence-corrected chi connectivity index (χ1v) is 16.0. The molecule has 1 aliphatic heterocycles. The highest BCUT2D eigenvalue weighted by Crippen LogP contribution is 2.22. The summed E-state index contributed by atoms with van der Waals surface area (Å²) in [7, 11) is 1.73. The third-order valence-electron chi connectivity index (χ3n) is 8.46. The van der Waals surface area contributed by atoms with Crippen molar-refractivity contribution in [3.05, 3.63) is 114 Å². The number of nitrogens with one attached hydrogen (secondary N) is 4. The molecule has 0 radical (unpaired) electrons. The molecule has 3 amide bonds. The van der Waals surface area contributed by atoms with Gasteiger partial charge in [0.2, 0.25) is 11.8 Å². The van der Waals surface area contributed by atoms with Gasteiger partial charge in [-0.1, -0.05) is 60.7 Å². The summed E-state index contributed by atoms with van der Waals surface area (Å²) >= 11 is 0. The van der Waals surface area contributed by atoms with Crippen molar-refractivity contribution in [2.45, 2.75) is 57.2 Å². The van der Waals surface area contributed by atoms with Crippen LogP contribution in [0.3, 0.4) is 0 Å². The van der Waals surface area contributed by atoms with E-state index in [0.29, 0.717) is 44.5 Å². The van der Waals surface area contributed by atoms with Crippen LogP contribution < -0.4 is 27.2 Å². The van der Waals surface area contributed by atoms with Gasteiger partial charge in [0.25, 0.3) is 5.91 Å². The summed E-state index contributed by atoms with van der Waals surface area (Å²) in [6, 6.07) is 26.1. The smallest absolute Gasteiger partial charge is 0.253 e. The fraction of sp³-hybridized carbons (Fsp3) is 0.361. The van der Waals surface area contributed by atoms with E-state index < -0.39 is 12.1 Å². The van der Waals surface area contributed by atoms with Crippen molar-refractivity contribution in [1.82, 2.24) is 25.9 Å². The predicted molar refractivity (Wildman–Crippen MR) is 183 cm³/mol. The maximum atomic E-state index is 14.1. The lowest BCUT2D eigenvalue weighted by atomic mass is 10.0. The minimum absolute atomic E-state index is 0.0854. The van der Waals surface area contributed by atoms with E-state index in [0.717, 1.165) is 29.7 Å². The SMILES string of the molecule is CN[C@@H](C)C(=O)N[C@@H](CCc1ccccc1)C(=O)N1CCC[C@H]1CN(CCc1ccccc1)C(=O)c1ccc(N/C=C\NN)cc1. The van der Waals surface area contributed by atoms with Crippen LogP contribution in [0.5, 0.6) is 0 Å². The number of hydrogen-bond donors (Lipinski definition) is 5. The van der Waals surface area contributed by atoms with Crippen LogP contribution in [0.15, 0.2) is 97.3 Å². The quantitative estimate of drug-likeness (QED) is 0.122. The zero-order valence-electron chi connectivity index (χ0n) is 26.8. The number of likely N-dealkylation sites (tertiary alicyclic amines) is 1. The molecule has 1 heterocycles. The second-order valence-electron chi connectivity index (χ2n) is 11.6. The van der Waals surface area contributed by atoms with Crippen LogP contribution in [0.4, 0.5) is 5.69 Å². The first kappa shape index (κ1) is 34.2. The van der Waals surface area contributed by atoms with Crippen LogP contribution in [-0.4, -0.2) is 72.3 Å². The Bertz CT molecular complexity index is 1420. The Balaban J connectivity index is 1.52. The summed E-state index contributed by atoms with van der Waals surface area (Å²) in [5.41, 5.74) is 6.09. The van der Waals surface area contributed by atoms with Crippen LogP contribution in [0.2, 0.25) is 0 Å². The summed E-state index contributed by atoms with van der Waals surface area (Å²) < 4.78 is 0. The molecular formula is C36H47N7O3. The molecule has 0 aliphatic carbocycles. The first-order chi connectivity index (χ1) is 22.4. The van der Waals surface area contributed by atoms with Gasteiger partial charge in [-0.15, -0.1) is 0 Å². The van der Waals surface area contributed by atoms with Gasteiger partial charge in [-0.05, 0) is 81.5 Å². The van der Waals surface area contributed by atoms with E-state index in [1.807, 2.05) is 70.5 Å². The van der Waals surface area contributed by atoms with Gasteiger partial charge in [0.1, 0.15) is 6.04 Å². The molecule has 0 bridgehead atoms. The largest absolute Gasteiger partial charge is 0.360 e. The first-order valence-electron chi connectivity index (χ1n) is 16.0. The number of nitrogens with zero attached hydrogens (tertiary/aromatic N) is 2. The highest BCUT2D eigenvalue weighted by atomic mass is 16.2. The Morgan fingerprint density at radius 3 is 2.22 bits per heavy atom. The van der Waals surface area contributed by atoms with Crippen LogP contribution in [0.1, 0.15) is 47.7 Å². The number of carbonyl (C=O) groups is 3. The maximum Gasteiger partial charge on any atom is 0.253 e. The zero-order valence-corrected chi connectivity index (χ0v) is 26.8. The number of benzene rings is 3. The molecule has 10 nitrogen and oxygen atoms in total. The van der Waals surface area contributed by atoms with Crippen molar-refractivity contribution in [1.29, 1.82) is 0 Å². The van der Waals surface area contributed by atoms with Crippen molar-refractivity contribution in [2.24, 2.45) is 5.84 Å². The molecule has 0 spiro atoms. The minimum atomic E-state index is -0.666. The molecule has 3 aromatic rings. The van der Waals surface area contributed by atoms with Crippen LogP contribution in [0.25, 0.3) is 0 Å². The minimum Gasteiger partial charge on any atom is -0.360 e. The summed E-state index contributed by atoms with van der Waals surface area (Å²) in [5, 5.41) is 9.07. The third-order valence-corrected chi connectivity index (χ3v) is 8.46. The summed E-state index contributed by atoms with van der Waals surface area (Å²) in [4.78, 5) is 44.8. The van der Waals surface area contributed by atoms with Gasteiger partial charge in [0.15, 0.2) is 0 Å². The normalized spacial score (nSPS) is 15.7. The van der Waals surface area contributed by atoms with E-state index in [4.69, 9.17) is 5.84 Å². The lowest BCUT2D eigenvalue weighted by Crippen LogP contribution is -2.55. The molecule has 244 valence electrons. The van der Waals surface area contributed by atoms with E-state index in [1.54, 1.807) is 38.5 Å². The summed E-state index contributed by atoms with van der Waals surface area (Å²) in [5.74, 6) is 4.88. The monoisotopic (exact) mass is 625 g/mol. The highest BCUT2D eigenvalue weighted by Gasteiger charge is 2.36. The van der Waals surface area contributed by atoms with Crippen molar-refractivity contribution in [3.63, 3.8) is 0 Å².